The number of nitro groups is 1. The Morgan fingerprint density at radius 3 is 2.80 bits per heavy atom. The van der Waals surface area contributed by atoms with Crippen LogP contribution < -0.4 is 5.32 Å². The van der Waals surface area contributed by atoms with Crippen LogP contribution in [0.1, 0.15) is 0 Å². The van der Waals surface area contributed by atoms with E-state index in [2.05, 4.69) is 32.9 Å². The fourth-order valence-electron chi connectivity index (χ4n) is 1.76. The van der Waals surface area contributed by atoms with Crippen LogP contribution in [0, 0.1) is 13.7 Å². The van der Waals surface area contributed by atoms with Crippen molar-refractivity contribution >= 4 is 51.1 Å². The molecule has 1 N–H and O–H groups in total. The number of hydrogen-bond acceptors (Lipinski definition) is 5. The van der Waals surface area contributed by atoms with Crippen LogP contribution in [-0.2, 0) is 0 Å². The van der Waals surface area contributed by atoms with Crippen LogP contribution in [0.15, 0.2) is 46.9 Å². The van der Waals surface area contributed by atoms with Gasteiger partial charge in [0, 0.05) is 15.7 Å². The minimum atomic E-state index is -0.457. The highest BCUT2D eigenvalue weighted by atomic mass is 127. The Labute approximate surface area is 127 Å². The fraction of sp³-hybridized carbons (Fsp3) is 0. The molecule has 0 amide bonds. The molecule has 2 aromatic carbocycles. The maximum absolute atomic E-state index is 10.7. The molecule has 0 aliphatic rings. The number of para-hydroxylation sites is 1. The third kappa shape index (κ3) is 2.44. The summed E-state index contributed by atoms with van der Waals surface area (Å²) in [5, 5.41) is 13.8. The molecule has 0 radical (unpaired) electrons. The Morgan fingerprint density at radius 1 is 1.25 bits per heavy atom. The second-order valence-corrected chi connectivity index (χ2v) is 5.20. The van der Waals surface area contributed by atoms with E-state index in [1.807, 2.05) is 24.3 Å². The molecule has 3 rings (SSSR count). The molecule has 0 unspecified atom stereocenters. The Balaban J connectivity index is 1.97. The molecular weight excluding hydrogens is 373 g/mol. The maximum atomic E-state index is 10.7. The van der Waals surface area contributed by atoms with Crippen LogP contribution in [0.4, 0.5) is 17.4 Å². The summed E-state index contributed by atoms with van der Waals surface area (Å²) in [6.07, 6.45) is 0. The van der Waals surface area contributed by atoms with E-state index in [0.29, 0.717) is 17.1 Å². The minimum Gasteiger partial charge on any atom is -0.423 e. The number of aromatic nitrogens is 1. The van der Waals surface area contributed by atoms with Crippen LogP contribution in [0.25, 0.3) is 11.1 Å². The first kappa shape index (κ1) is 12.9. The molecule has 3 aromatic rings. The molecule has 0 bridgehead atoms. The van der Waals surface area contributed by atoms with Gasteiger partial charge in [-0.05, 0) is 40.8 Å². The van der Waals surface area contributed by atoms with Crippen molar-refractivity contribution in [2.75, 3.05) is 5.32 Å². The lowest BCUT2D eigenvalue weighted by molar-refractivity contribution is -0.384. The van der Waals surface area contributed by atoms with E-state index < -0.39 is 4.92 Å². The van der Waals surface area contributed by atoms with Crippen molar-refractivity contribution in [3.8, 4) is 0 Å². The van der Waals surface area contributed by atoms with E-state index in [-0.39, 0.29) is 5.69 Å². The van der Waals surface area contributed by atoms with E-state index in [4.69, 9.17) is 4.42 Å². The highest BCUT2D eigenvalue weighted by Crippen LogP contribution is 2.27. The summed E-state index contributed by atoms with van der Waals surface area (Å²) in [6.45, 7) is 0. The van der Waals surface area contributed by atoms with Crippen molar-refractivity contribution in [2.45, 2.75) is 0 Å². The summed E-state index contributed by atoms with van der Waals surface area (Å²) in [5.74, 6) is 0. The second kappa shape index (κ2) is 5.08. The summed E-state index contributed by atoms with van der Waals surface area (Å²) < 4.78 is 6.54. The first-order valence-corrected chi connectivity index (χ1v) is 6.78. The average Bonchev–Trinajstić information content (AvgIpc) is 2.82. The molecule has 0 atom stereocenters. The molecule has 6 nitrogen and oxygen atoms in total. The number of oxazole rings is 1. The lowest BCUT2D eigenvalue weighted by Crippen LogP contribution is -1.92. The van der Waals surface area contributed by atoms with Gasteiger partial charge < -0.3 is 9.73 Å². The lowest BCUT2D eigenvalue weighted by Gasteiger charge is -2.02. The number of nitrogens with zero attached hydrogens (tertiary/aromatic N) is 2. The summed E-state index contributed by atoms with van der Waals surface area (Å²) in [4.78, 5) is 14.5. The Morgan fingerprint density at radius 2 is 2.05 bits per heavy atom. The molecular formula is C13H8IN3O3. The van der Waals surface area contributed by atoms with Crippen LogP contribution in [-0.4, -0.2) is 9.91 Å². The van der Waals surface area contributed by atoms with E-state index in [0.717, 1.165) is 9.26 Å². The molecule has 0 fully saturated rings. The summed E-state index contributed by atoms with van der Waals surface area (Å²) in [5.41, 5.74) is 1.82. The third-order valence-electron chi connectivity index (χ3n) is 2.70. The standard InChI is InChI=1S/C13H8IN3O3/c14-9-3-1-2-4-10(9)15-13-16-11-7-8(17(18)19)5-6-12(11)20-13/h1-7H,(H,15,16). The highest BCUT2D eigenvalue weighted by Gasteiger charge is 2.12. The van der Waals surface area contributed by atoms with Gasteiger partial charge in [-0.3, -0.25) is 10.1 Å². The molecule has 0 aliphatic heterocycles. The van der Waals surface area contributed by atoms with E-state index in [1.165, 1.54) is 12.1 Å². The van der Waals surface area contributed by atoms with Crippen molar-refractivity contribution < 1.29 is 9.34 Å². The number of non-ortho nitro benzene ring substituents is 1. The monoisotopic (exact) mass is 381 g/mol. The van der Waals surface area contributed by atoms with Crippen LogP contribution in [0.2, 0.25) is 0 Å². The number of nitrogens with one attached hydrogen (secondary N) is 1. The van der Waals surface area contributed by atoms with E-state index >= 15 is 0 Å². The molecule has 7 heteroatoms. The van der Waals surface area contributed by atoms with Gasteiger partial charge in [0.25, 0.3) is 11.7 Å². The van der Waals surface area contributed by atoms with Gasteiger partial charge in [-0.2, -0.15) is 4.98 Å². The van der Waals surface area contributed by atoms with Gasteiger partial charge in [-0.1, -0.05) is 12.1 Å². The molecule has 1 aromatic heterocycles. The molecule has 0 saturated heterocycles. The minimum absolute atomic E-state index is 0.00774. The molecule has 1 heterocycles. The first-order chi connectivity index (χ1) is 9.63. The Hall–Kier alpha value is -2.16. The zero-order chi connectivity index (χ0) is 14.1. The predicted molar refractivity (Wildman–Crippen MR) is 83.1 cm³/mol. The number of hydrogen-bond donors (Lipinski definition) is 1. The van der Waals surface area contributed by atoms with Crippen molar-refractivity contribution in [3.63, 3.8) is 0 Å². The van der Waals surface area contributed by atoms with Crippen LogP contribution in [0.3, 0.4) is 0 Å². The molecule has 20 heavy (non-hydrogen) atoms. The van der Waals surface area contributed by atoms with Crippen molar-refractivity contribution in [1.29, 1.82) is 0 Å². The summed E-state index contributed by atoms with van der Waals surface area (Å²) >= 11 is 2.20. The predicted octanol–water partition coefficient (Wildman–Crippen LogP) is 4.08. The number of rotatable bonds is 3. The third-order valence-corrected chi connectivity index (χ3v) is 3.64. The number of halogens is 1. The van der Waals surface area contributed by atoms with Gasteiger partial charge in [0.2, 0.25) is 0 Å². The van der Waals surface area contributed by atoms with E-state index in [9.17, 15) is 10.1 Å². The zero-order valence-corrected chi connectivity index (χ0v) is 12.2. The van der Waals surface area contributed by atoms with Crippen LogP contribution >= 0.6 is 22.6 Å². The van der Waals surface area contributed by atoms with Gasteiger partial charge in [0.15, 0.2) is 5.58 Å². The molecule has 0 saturated carbocycles. The maximum Gasteiger partial charge on any atom is 0.300 e. The largest absolute Gasteiger partial charge is 0.423 e. The lowest BCUT2D eigenvalue weighted by atomic mass is 10.3. The SMILES string of the molecule is O=[N+]([O-])c1ccc2oc(Nc3ccccc3I)nc2c1. The second-order valence-electron chi connectivity index (χ2n) is 4.03. The Kier molecular flexibility index (Phi) is 3.26. The fourth-order valence-corrected chi connectivity index (χ4v) is 2.28. The smallest absolute Gasteiger partial charge is 0.300 e. The van der Waals surface area contributed by atoms with Gasteiger partial charge in [-0.15, -0.1) is 0 Å². The van der Waals surface area contributed by atoms with Gasteiger partial charge >= 0.3 is 0 Å². The highest BCUT2D eigenvalue weighted by molar-refractivity contribution is 14.1. The van der Waals surface area contributed by atoms with Crippen molar-refractivity contribution in [2.24, 2.45) is 0 Å². The summed E-state index contributed by atoms with van der Waals surface area (Å²) in [7, 11) is 0. The summed E-state index contributed by atoms with van der Waals surface area (Å²) in [6, 6.07) is 12.3. The molecule has 0 aliphatic carbocycles. The van der Waals surface area contributed by atoms with Crippen molar-refractivity contribution in [3.05, 3.63) is 56.1 Å². The van der Waals surface area contributed by atoms with Gasteiger partial charge in [0.05, 0.1) is 10.6 Å². The number of nitro benzene ring substituents is 1. The van der Waals surface area contributed by atoms with Gasteiger partial charge in [-0.25, -0.2) is 0 Å². The number of anilines is 2. The van der Waals surface area contributed by atoms with Crippen LogP contribution in [0.5, 0.6) is 0 Å². The normalized spacial score (nSPS) is 10.7. The zero-order valence-electron chi connectivity index (χ0n) is 10.0. The van der Waals surface area contributed by atoms with E-state index in [1.54, 1.807) is 6.07 Å². The number of fused-ring (bicyclic) bond motifs is 1. The topological polar surface area (TPSA) is 81.2 Å². The Bertz CT molecular complexity index is 800. The molecule has 100 valence electrons. The quantitative estimate of drug-likeness (QED) is 0.420. The molecule has 0 spiro atoms. The van der Waals surface area contributed by atoms with Crippen molar-refractivity contribution in [1.82, 2.24) is 4.98 Å². The van der Waals surface area contributed by atoms with Gasteiger partial charge in [0.1, 0.15) is 5.52 Å². The first-order valence-electron chi connectivity index (χ1n) is 5.70. The average molecular weight is 381 g/mol. The number of benzene rings is 2.